The first-order valence-electron chi connectivity index (χ1n) is 5.30. The molecule has 1 N–H and O–H groups in total. The second-order valence-corrected chi connectivity index (χ2v) is 4.47. The summed E-state index contributed by atoms with van der Waals surface area (Å²) in [7, 11) is 0. The number of hydrogen-bond donors (Lipinski definition) is 1. The highest BCUT2D eigenvalue weighted by Gasteiger charge is 1.98. The minimum atomic E-state index is 0.916. The molecule has 0 fully saturated rings. The predicted octanol–water partition coefficient (Wildman–Crippen LogP) is 2.74. The van der Waals surface area contributed by atoms with E-state index in [1.807, 2.05) is 10.9 Å². The normalized spacial score (nSPS) is 10.6. The zero-order valence-electron chi connectivity index (χ0n) is 9.15. The van der Waals surface area contributed by atoms with Crippen molar-refractivity contribution in [2.24, 2.45) is 0 Å². The van der Waals surface area contributed by atoms with Gasteiger partial charge in [-0.3, -0.25) is 0 Å². The van der Waals surface area contributed by atoms with Gasteiger partial charge in [-0.2, -0.15) is 5.10 Å². The number of benzene rings is 1. The van der Waals surface area contributed by atoms with Crippen LogP contribution in [0.1, 0.15) is 12.5 Å². The van der Waals surface area contributed by atoms with Gasteiger partial charge in [0.15, 0.2) is 0 Å². The molecular weight excluding hydrogens is 266 g/mol. The van der Waals surface area contributed by atoms with Crippen LogP contribution in [0.15, 0.2) is 41.1 Å². The van der Waals surface area contributed by atoms with Gasteiger partial charge in [0.25, 0.3) is 0 Å². The fourth-order valence-corrected chi connectivity index (χ4v) is 1.76. The smallest absolute Gasteiger partial charge is 0.0646 e. The zero-order chi connectivity index (χ0) is 11.4. The van der Waals surface area contributed by atoms with Crippen molar-refractivity contribution in [2.45, 2.75) is 13.5 Å². The van der Waals surface area contributed by atoms with Crippen molar-refractivity contribution >= 4 is 15.9 Å². The molecule has 0 saturated carbocycles. The first kappa shape index (κ1) is 11.4. The van der Waals surface area contributed by atoms with Crippen molar-refractivity contribution in [3.8, 4) is 5.69 Å². The molecule has 0 aliphatic rings. The molecule has 4 heteroatoms. The Labute approximate surface area is 104 Å². The Morgan fingerprint density at radius 1 is 1.31 bits per heavy atom. The molecule has 0 atom stereocenters. The third-order valence-electron chi connectivity index (χ3n) is 2.33. The first-order chi connectivity index (χ1) is 7.79. The van der Waals surface area contributed by atoms with Crippen molar-refractivity contribution in [3.63, 3.8) is 0 Å². The zero-order valence-corrected chi connectivity index (χ0v) is 10.7. The molecule has 3 nitrogen and oxygen atoms in total. The summed E-state index contributed by atoms with van der Waals surface area (Å²) in [6.07, 6.45) is 3.73. The molecule has 0 aliphatic carbocycles. The van der Waals surface area contributed by atoms with E-state index in [2.05, 4.69) is 57.5 Å². The van der Waals surface area contributed by atoms with E-state index < -0.39 is 0 Å². The van der Waals surface area contributed by atoms with Gasteiger partial charge in [0, 0.05) is 12.7 Å². The molecule has 0 aliphatic heterocycles. The second-order valence-electron chi connectivity index (χ2n) is 3.55. The Balaban J connectivity index is 2.13. The van der Waals surface area contributed by atoms with E-state index in [1.54, 1.807) is 6.20 Å². The van der Waals surface area contributed by atoms with Crippen LogP contribution in [0.2, 0.25) is 0 Å². The van der Waals surface area contributed by atoms with Crippen LogP contribution in [-0.4, -0.2) is 16.3 Å². The molecule has 2 aromatic rings. The fraction of sp³-hybridized carbons (Fsp3) is 0.250. The maximum absolute atomic E-state index is 4.23. The van der Waals surface area contributed by atoms with Gasteiger partial charge >= 0.3 is 0 Å². The number of nitrogens with one attached hydrogen (secondary N) is 1. The Hall–Kier alpha value is -1.13. The summed E-state index contributed by atoms with van der Waals surface area (Å²) in [5.74, 6) is 0. The molecule has 1 heterocycles. The van der Waals surface area contributed by atoms with Gasteiger partial charge in [0.2, 0.25) is 0 Å². The monoisotopic (exact) mass is 279 g/mol. The van der Waals surface area contributed by atoms with Gasteiger partial charge in [-0.05, 0) is 40.2 Å². The van der Waals surface area contributed by atoms with E-state index in [9.17, 15) is 0 Å². The summed E-state index contributed by atoms with van der Waals surface area (Å²) >= 11 is 3.38. The minimum Gasteiger partial charge on any atom is -0.313 e. The summed E-state index contributed by atoms with van der Waals surface area (Å²) in [5.41, 5.74) is 2.36. The summed E-state index contributed by atoms with van der Waals surface area (Å²) in [5, 5.41) is 7.53. The molecule has 84 valence electrons. The molecule has 1 aromatic carbocycles. The maximum Gasteiger partial charge on any atom is 0.0646 e. The van der Waals surface area contributed by atoms with Crippen molar-refractivity contribution < 1.29 is 0 Å². The molecule has 0 saturated heterocycles. The Morgan fingerprint density at radius 2 is 2.06 bits per heavy atom. The summed E-state index contributed by atoms with van der Waals surface area (Å²) in [6, 6.07) is 8.39. The molecule has 2 rings (SSSR count). The molecule has 1 aromatic heterocycles. The Morgan fingerprint density at radius 3 is 2.62 bits per heavy atom. The van der Waals surface area contributed by atoms with Gasteiger partial charge in [-0.25, -0.2) is 4.68 Å². The van der Waals surface area contributed by atoms with Crippen LogP contribution in [0.4, 0.5) is 0 Å². The highest BCUT2D eigenvalue weighted by Crippen LogP contribution is 2.13. The van der Waals surface area contributed by atoms with Crippen molar-refractivity contribution in [1.82, 2.24) is 15.1 Å². The lowest BCUT2D eigenvalue weighted by molar-refractivity contribution is 0.726. The van der Waals surface area contributed by atoms with Crippen LogP contribution in [0.3, 0.4) is 0 Å². The van der Waals surface area contributed by atoms with E-state index in [0.717, 1.165) is 23.2 Å². The largest absolute Gasteiger partial charge is 0.313 e. The molecule has 0 amide bonds. The van der Waals surface area contributed by atoms with Crippen LogP contribution in [0.25, 0.3) is 5.69 Å². The highest BCUT2D eigenvalue weighted by atomic mass is 79.9. The average Bonchev–Trinajstić information content (AvgIpc) is 2.74. The summed E-state index contributed by atoms with van der Waals surface area (Å²) in [6.45, 7) is 4.02. The lowest BCUT2D eigenvalue weighted by Crippen LogP contribution is -2.11. The average molecular weight is 280 g/mol. The van der Waals surface area contributed by atoms with Gasteiger partial charge in [0.1, 0.15) is 0 Å². The van der Waals surface area contributed by atoms with Crippen LogP contribution in [0.5, 0.6) is 0 Å². The molecule has 0 bridgehead atoms. The number of nitrogens with zero attached hydrogens (tertiary/aromatic N) is 2. The van der Waals surface area contributed by atoms with E-state index in [4.69, 9.17) is 0 Å². The second kappa shape index (κ2) is 5.27. The molecule has 0 radical (unpaired) electrons. The number of hydrogen-bond acceptors (Lipinski definition) is 2. The van der Waals surface area contributed by atoms with Gasteiger partial charge in [-0.15, -0.1) is 0 Å². The van der Waals surface area contributed by atoms with E-state index >= 15 is 0 Å². The first-order valence-corrected chi connectivity index (χ1v) is 6.09. The highest BCUT2D eigenvalue weighted by molar-refractivity contribution is 9.10. The molecule has 16 heavy (non-hydrogen) atoms. The third kappa shape index (κ3) is 2.71. The SMILES string of the molecule is CCNCc1ccc(-n2cc(Br)cn2)cc1. The molecule has 0 spiro atoms. The van der Waals surface area contributed by atoms with Crippen LogP contribution in [0, 0.1) is 0 Å². The number of aromatic nitrogens is 2. The lowest BCUT2D eigenvalue weighted by atomic mass is 10.2. The van der Waals surface area contributed by atoms with E-state index in [1.165, 1.54) is 5.56 Å². The Kier molecular flexibility index (Phi) is 3.74. The summed E-state index contributed by atoms with van der Waals surface area (Å²) in [4.78, 5) is 0. The van der Waals surface area contributed by atoms with Crippen molar-refractivity contribution in [3.05, 3.63) is 46.7 Å². The van der Waals surface area contributed by atoms with Crippen molar-refractivity contribution in [1.29, 1.82) is 0 Å². The minimum absolute atomic E-state index is 0.916. The lowest BCUT2D eigenvalue weighted by Gasteiger charge is -2.04. The van der Waals surface area contributed by atoms with E-state index in [0.29, 0.717) is 0 Å². The molecular formula is C12H14BrN3. The van der Waals surface area contributed by atoms with Gasteiger partial charge in [-0.1, -0.05) is 19.1 Å². The number of halogens is 1. The van der Waals surface area contributed by atoms with Crippen LogP contribution in [-0.2, 0) is 6.54 Å². The van der Waals surface area contributed by atoms with Gasteiger partial charge < -0.3 is 5.32 Å². The maximum atomic E-state index is 4.23. The fourth-order valence-electron chi connectivity index (χ4n) is 1.48. The quantitative estimate of drug-likeness (QED) is 0.933. The third-order valence-corrected chi connectivity index (χ3v) is 2.74. The van der Waals surface area contributed by atoms with Gasteiger partial charge in [0.05, 0.1) is 16.4 Å². The van der Waals surface area contributed by atoms with Crippen LogP contribution >= 0.6 is 15.9 Å². The van der Waals surface area contributed by atoms with E-state index in [-0.39, 0.29) is 0 Å². The van der Waals surface area contributed by atoms with Crippen molar-refractivity contribution in [2.75, 3.05) is 6.54 Å². The predicted molar refractivity (Wildman–Crippen MR) is 68.6 cm³/mol. The topological polar surface area (TPSA) is 29.9 Å². The standard InChI is InChI=1S/C12H14BrN3/c1-2-14-7-10-3-5-12(6-4-10)16-9-11(13)8-15-16/h3-6,8-9,14H,2,7H2,1H3. The number of rotatable bonds is 4. The summed E-state index contributed by atoms with van der Waals surface area (Å²) < 4.78 is 2.84. The van der Waals surface area contributed by atoms with Crippen LogP contribution < -0.4 is 5.32 Å². The molecule has 0 unspecified atom stereocenters. The Bertz CT molecular complexity index is 448.